The number of pyridine rings is 1. The number of nitrogens with one attached hydrogen (secondary N) is 2. The van der Waals surface area contributed by atoms with Crippen molar-refractivity contribution in [2.45, 2.75) is 32.4 Å². The molecule has 0 aromatic carbocycles. The lowest BCUT2D eigenvalue weighted by molar-refractivity contribution is 0.326. The van der Waals surface area contributed by atoms with Crippen LogP contribution in [0.25, 0.3) is 0 Å². The number of aliphatic imine (C=N–C) groups is 1. The molecule has 0 amide bonds. The molecular weight excluding hydrogens is 473 g/mol. The SMILES string of the molecule is CCOc1cc(CNC(=NC)NC2CCN(c3cccs3)CC2)ccn1.I. The molecule has 2 N–H and O–H groups in total. The third-order valence-electron chi connectivity index (χ3n) is 4.43. The Balaban J connectivity index is 0.00000261. The Morgan fingerprint density at radius 1 is 1.37 bits per heavy atom. The van der Waals surface area contributed by atoms with E-state index >= 15 is 0 Å². The summed E-state index contributed by atoms with van der Waals surface area (Å²) in [5, 5.41) is 10.4. The summed E-state index contributed by atoms with van der Waals surface area (Å²) in [5.41, 5.74) is 1.12. The van der Waals surface area contributed by atoms with Crippen molar-refractivity contribution in [2.24, 2.45) is 4.99 Å². The number of hydrogen-bond acceptors (Lipinski definition) is 5. The molecule has 3 heterocycles. The Hall–Kier alpha value is -1.55. The van der Waals surface area contributed by atoms with Crippen molar-refractivity contribution in [3.8, 4) is 5.88 Å². The first kappa shape index (κ1) is 21.7. The summed E-state index contributed by atoms with van der Waals surface area (Å²) in [4.78, 5) is 11.0. The maximum absolute atomic E-state index is 5.45. The number of thiophene rings is 1. The molecule has 0 aliphatic carbocycles. The molecule has 0 radical (unpaired) electrons. The maximum atomic E-state index is 5.45. The minimum Gasteiger partial charge on any atom is -0.478 e. The first-order valence-corrected chi connectivity index (χ1v) is 10.00. The second kappa shape index (κ2) is 11.3. The molecule has 1 aliphatic heterocycles. The lowest BCUT2D eigenvalue weighted by Gasteiger charge is -2.33. The molecule has 0 saturated carbocycles. The molecule has 6 nitrogen and oxygen atoms in total. The lowest BCUT2D eigenvalue weighted by Crippen LogP contribution is -2.48. The van der Waals surface area contributed by atoms with Crippen LogP contribution in [-0.2, 0) is 6.54 Å². The van der Waals surface area contributed by atoms with E-state index in [4.69, 9.17) is 4.74 Å². The minimum absolute atomic E-state index is 0. The van der Waals surface area contributed by atoms with Crippen LogP contribution < -0.4 is 20.3 Å². The summed E-state index contributed by atoms with van der Waals surface area (Å²) in [6.07, 6.45) is 4.00. The highest BCUT2D eigenvalue weighted by molar-refractivity contribution is 14.0. The molecule has 0 unspecified atom stereocenters. The Labute approximate surface area is 182 Å². The van der Waals surface area contributed by atoms with Crippen molar-refractivity contribution in [3.05, 3.63) is 41.4 Å². The molecule has 2 aromatic heterocycles. The first-order valence-electron chi connectivity index (χ1n) is 9.12. The number of nitrogens with zero attached hydrogens (tertiary/aromatic N) is 3. The Bertz CT molecular complexity index is 702. The fraction of sp³-hybridized carbons (Fsp3) is 0.474. The van der Waals surface area contributed by atoms with Gasteiger partial charge in [0.25, 0.3) is 0 Å². The van der Waals surface area contributed by atoms with E-state index in [9.17, 15) is 0 Å². The van der Waals surface area contributed by atoms with Gasteiger partial charge in [-0.05, 0) is 48.9 Å². The van der Waals surface area contributed by atoms with E-state index in [1.807, 2.05) is 37.4 Å². The van der Waals surface area contributed by atoms with Gasteiger partial charge in [0.2, 0.25) is 5.88 Å². The smallest absolute Gasteiger partial charge is 0.213 e. The van der Waals surface area contributed by atoms with E-state index in [0.717, 1.165) is 37.5 Å². The van der Waals surface area contributed by atoms with Gasteiger partial charge in [-0.15, -0.1) is 35.3 Å². The standard InChI is InChI=1S/C19H27N5OS.HI/c1-3-25-17-13-15(6-9-21-17)14-22-19(20-2)23-16-7-10-24(11-8-16)18-5-4-12-26-18;/h4-6,9,12-13,16H,3,7-8,10-11,14H2,1-2H3,(H2,20,22,23);1H. The van der Waals surface area contributed by atoms with Crippen LogP contribution in [0, 0.1) is 0 Å². The topological polar surface area (TPSA) is 61.8 Å². The Kier molecular flexibility index (Phi) is 9.12. The quantitative estimate of drug-likeness (QED) is 0.361. The predicted octanol–water partition coefficient (Wildman–Crippen LogP) is 3.49. The molecule has 0 spiro atoms. The number of hydrogen-bond donors (Lipinski definition) is 2. The minimum atomic E-state index is 0. The van der Waals surface area contributed by atoms with Crippen LogP contribution in [0.1, 0.15) is 25.3 Å². The van der Waals surface area contributed by atoms with Crippen molar-refractivity contribution in [3.63, 3.8) is 0 Å². The molecule has 1 aliphatic rings. The second-order valence-electron chi connectivity index (χ2n) is 6.22. The van der Waals surface area contributed by atoms with Crippen LogP contribution in [0.3, 0.4) is 0 Å². The zero-order valence-corrected chi connectivity index (χ0v) is 19.0. The van der Waals surface area contributed by atoms with E-state index in [1.165, 1.54) is 5.00 Å². The zero-order valence-electron chi connectivity index (χ0n) is 15.9. The molecule has 3 rings (SSSR count). The van der Waals surface area contributed by atoms with Gasteiger partial charge in [0, 0.05) is 45.0 Å². The van der Waals surface area contributed by atoms with Gasteiger partial charge >= 0.3 is 0 Å². The number of piperidine rings is 1. The summed E-state index contributed by atoms with van der Waals surface area (Å²) in [6, 6.07) is 8.72. The zero-order chi connectivity index (χ0) is 18.2. The highest BCUT2D eigenvalue weighted by Crippen LogP contribution is 2.24. The van der Waals surface area contributed by atoms with Crippen molar-refractivity contribution >= 4 is 46.3 Å². The normalized spacial score (nSPS) is 15.2. The van der Waals surface area contributed by atoms with Gasteiger partial charge in [-0.25, -0.2) is 4.98 Å². The number of guanidine groups is 1. The van der Waals surface area contributed by atoms with E-state index < -0.39 is 0 Å². The van der Waals surface area contributed by atoms with Gasteiger partial charge in [-0.3, -0.25) is 4.99 Å². The van der Waals surface area contributed by atoms with Gasteiger partial charge in [0.05, 0.1) is 11.6 Å². The molecule has 27 heavy (non-hydrogen) atoms. The second-order valence-corrected chi connectivity index (χ2v) is 7.14. The van der Waals surface area contributed by atoms with Gasteiger partial charge in [0.15, 0.2) is 5.96 Å². The Morgan fingerprint density at radius 3 is 2.85 bits per heavy atom. The molecule has 2 aromatic rings. The summed E-state index contributed by atoms with van der Waals surface area (Å²) in [6.45, 7) is 5.43. The summed E-state index contributed by atoms with van der Waals surface area (Å²) in [5.74, 6) is 1.50. The van der Waals surface area contributed by atoms with Crippen LogP contribution in [0.5, 0.6) is 5.88 Å². The van der Waals surface area contributed by atoms with Gasteiger partial charge < -0.3 is 20.3 Å². The lowest BCUT2D eigenvalue weighted by atomic mass is 10.1. The van der Waals surface area contributed by atoms with E-state index in [-0.39, 0.29) is 24.0 Å². The van der Waals surface area contributed by atoms with Crippen LogP contribution in [-0.4, -0.2) is 43.7 Å². The molecule has 0 atom stereocenters. The summed E-state index contributed by atoms with van der Waals surface area (Å²) in [7, 11) is 1.81. The fourth-order valence-corrected chi connectivity index (χ4v) is 3.84. The predicted molar refractivity (Wildman–Crippen MR) is 124 cm³/mol. The average molecular weight is 501 g/mol. The van der Waals surface area contributed by atoms with Crippen LogP contribution in [0.4, 0.5) is 5.00 Å². The number of ether oxygens (including phenoxy) is 1. The number of aromatic nitrogens is 1. The largest absolute Gasteiger partial charge is 0.478 e. The van der Waals surface area contributed by atoms with Crippen LogP contribution in [0.15, 0.2) is 40.8 Å². The van der Waals surface area contributed by atoms with Crippen molar-refractivity contribution in [1.82, 2.24) is 15.6 Å². The van der Waals surface area contributed by atoms with Crippen molar-refractivity contribution < 1.29 is 4.74 Å². The molecular formula is C19H28IN5OS. The average Bonchev–Trinajstić information content (AvgIpc) is 3.21. The van der Waals surface area contributed by atoms with Crippen LogP contribution in [0.2, 0.25) is 0 Å². The third-order valence-corrected chi connectivity index (χ3v) is 5.36. The number of halogens is 1. The summed E-state index contributed by atoms with van der Waals surface area (Å²) >= 11 is 1.81. The first-order chi connectivity index (χ1) is 12.8. The number of rotatable bonds is 6. The molecule has 0 bridgehead atoms. The van der Waals surface area contributed by atoms with E-state index in [1.54, 1.807) is 6.20 Å². The highest BCUT2D eigenvalue weighted by Gasteiger charge is 2.20. The molecule has 8 heteroatoms. The van der Waals surface area contributed by atoms with Gasteiger partial charge in [-0.2, -0.15) is 0 Å². The van der Waals surface area contributed by atoms with Crippen molar-refractivity contribution in [1.29, 1.82) is 0 Å². The third kappa shape index (κ3) is 6.53. The summed E-state index contributed by atoms with van der Waals surface area (Å²) < 4.78 is 5.45. The molecule has 148 valence electrons. The maximum Gasteiger partial charge on any atom is 0.213 e. The molecule has 1 saturated heterocycles. The fourth-order valence-electron chi connectivity index (χ4n) is 3.06. The van der Waals surface area contributed by atoms with Crippen LogP contribution >= 0.6 is 35.3 Å². The van der Waals surface area contributed by atoms with E-state index in [0.29, 0.717) is 25.1 Å². The number of anilines is 1. The highest BCUT2D eigenvalue weighted by atomic mass is 127. The van der Waals surface area contributed by atoms with Crippen molar-refractivity contribution in [2.75, 3.05) is 31.6 Å². The molecule has 1 fully saturated rings. The monoisotopic (exact) mass is 501 g/mol. The Morgan fingerprint density at radius 2 is 2.19 bits per heavy atom. The van der Waals surface area contributed by atoms with Gasteiger partial charge in [-0.1, -0.05) is 0 Å². The van der Waals surface area contributed by atoms with Gasteiger partial charge in [0.1, 0.15) is 0 Å². The van der Waals surface area contributed by atoms with E-state index in [2.05, 4.69) is 43.0 Å².